The third-order valence-corrected chi connectivity index (χ3v) is 8.44. The van der Waals surface area contributed by atoms with Gasteiger partial charge in [-0.25, -0.2) is 8.42 Å². The fraction of sp³-hybridized carbons (Fsp3) is 0.476. The lowest BCUT2D eigenvalue weighted by Gasteiger charge is -2.37. The molecule has 1 N–H and O–H groups in total. The molecule has 1 aromatic heterocycles. The molecule has 0 spiro atoms. The van der Waals surface area contributed by atoms with Gasteiger partial charge >= 0.3 is 0 Å². The number of anilines is 1. The van der Waals surface area contributed by atoms with Gasteiger partial charge in [0, 0.05) is 37.1 Å². The topological polar surface area (TPSA) is 81.2 Å². The highest BCUT2D eigenvalue weighted by atomic mass is 32.2. The second-order valence-corrected chi connectivity index (χ2v) is 11.2. The Morgan fingerprint density at radius 2 is 1.90 bits per heavy atom. The van der Waals surface area contributed by atoms with Crippen LogP contribution in [0.4, 0.5) is 5.69 Å². The number of rotatable bonds is 6. The fourth-order valence-electron chi connectivity index (χ4n) is 4.17. The van der Waals surface area contributed by atoms with E-state index < -0.39 is 9.84 Å². The minimum absolute atomic E-state index is 0.0125. The minimum atomic E-state index is -3.06. The van der Waals surface area contributed by atoms with Crippen LogP contribution in [0.3, 0.4) is 0 Å². The van der Waals surface area contributed by atoms with Gasteiger partial charge in [-0.1, -0.05) is 18.2 Å². The highest BCUT2D eigenvalue weighted by Crippen LogP contribution is 2.27. The van der Waals surface area contributed by atoms with Crippen molar-refractivity contribution in [2.75, 3.05) is 49.1 Å². The summed E-state index contributed by atoms with van der Waals surface area (Å²) >= 11 is 1.59. The van der Waals surface area contributed by atoms with E-state index in [4.69, 9.17) is 0 Å². The number of piperazine rings is 1. The molecule has 1 atom stereocenters. The van der Waals surface area contributed by atoms with E-state index in [1.54, 1.807) is 28.4 Å². The fourth-order valence-corrected chi connectivity index (χ4v) is 6.61. The van der Waals surface area contributed by atoms with Crippen molar-refractivity contribution in [3.63, 3.8) is 0 Å². The highest BCUT2D eigenvalue weighted by Gasteiger charge is 2.35. The van der Waals surface area contributed by atoms with Crippen LogP contribution >= 0.6 is 11.3 Å². The Kier molecular flexibility index (Phi) is 6.31. The summed E-state index contributed by atoms with van der Waals surface area (Å²) in [4.78, 5) is 20.3. The molecule has 3 heterocycles. The van der Waals surface area contributed by atoms with E-state index in [0.29, 0.717) is 13.0 Å². The van der Waals surface area contributed by atoms with Crippen molar-refractivity contribution in [2.45, 2.75) is 19.0 Å². The van der Waals surface area contributed by atoms with Crippen molar-refractivity contribution >= 4 is 32.8 Å². The smallest absolute Gasteiger partial charge is 0.237 e. The largest absolute Gasteiger partial charge is 0.506 e. The van der Waals surface area contributed by atoms with Crippen molar-refractivity contribution in [2.24, 2.45) is 0 Å². The monoisotopic (exact) mass is 449 g/mol. The number of phenolic OH excluding ortho intramolecular Hbond substituents is 1. The maximum Gasteiger partial charge on any atom is 0.237 e. The average Bonchev–Trinajstić information content (AvgIpc) is 3.36. The Hall–Kier alpha value is -2.10. The molecule has 0 saturated carbocycles. The van der Waals surface area contributed by atoms with Gasteiger partial charge < -0.3 is 14.9 Å². The number of phenols is 1. The molecule has 0 radical (unpaired) electrons. The molecule has 4 rings (SSSR count). The lowest BCUT2D eigenvalue weighted by atomic mass is 10.2. The molecular formula is C21H27N3O4S2. The lowest BCUT2D eigenvalue weighted by Crippen LogP contribution is -2.51. The number of carbonyl (C=O) groups is 1. The van der Waals surface area contributed by atoms with Gasteiger partial charge in [-0.15, -0.1) is 11.3 Å². The summed E-state index contributed by atoms with van der Waals surface area (Å²) in [6, 6.07) is 11.0. The maximum atomic E-state index is 13.2. The summed E-state index contributed by atoms with van der Waals surface area (Å²) in [5.74, 6) is 0.476. The number of benzene rings is 1. The van der Waals surface area contributed by atoms with E-state index in [-0.39, 0.29) is 35.7 Å². The predicted molar refractivity (Wildman–Crippen MR) is 119 cm³/mol. The number of thiophene rings is 1. The van der Waals surface area contributed by atoms with E-state index in [1.165, 1.54) is 0 Å². The van der Waals surface area contributed by atoms with Gasteiger partial charge in [0.05, 0.1) is 30.3 Å². The molecule has 2 aliphatic heterocycles. The Morgan fingerprint density at radius 3 is 2.53 bits per heavy atom. The molecule has 2 aromatic rings. The van der Waals surface area contributed by atoms with Crippen LogP contribution in [-0.4, -0.2) is 79.5 Å². The molecule has 0 unspecified atom stereocenters. The Labute approximate surface area is 181 Å². The van der Waals surface area contributed by atoms with Crippen molar-refractivity contribution in [1.82, 2.24) is 9.80 Å². The van der Waals surface area contributed by atoms with Gasteiger partial charge in [0.15, 0.2) is 9.84 Å². The third kappa shape index (κ3) is 4.96. The summed E-state index contributed by atoms with van der Waals surface area (Å²) in [6.07, 6.45) is 0.514. The van der Waals surface area contributed by atoms with Gasteiger partial charge in [-0.05, 0) is 30.0 Å². The summed E-state index contributed by atoms with van der Waals surface area (Å²) in [5.41, 5.74) is 0.818. The van der Waals surface area contributed by atoms with Gasteiger partial charge in [-0.3, -0.25) is 9.69 Å². The van der Waals surface area contributed by atoms with E-state index in [2.05, 4.69) is 9.80 Å². The molecule has 0 bridgehead atoms. The first-order chi connectivity index (χ1) is 14.4. The first-order valence-corrected chi connectivity index (χ1v) is 12.9. The van der Waals surface area contributed by atoms with Gasteiger partial charge in [-0.2, -0.15) is 0 Å². The zero-order valence-corrected chi connectivity index (χ0v) is 18.4. The Bertz CT molecular complexity index is 970. The predicted octanol–water partition coefficient (Wildman–Crippen LogP) is 1.79. The summed E-state index contributed by atoms with van der Waals surface area (Å²) in [6.45, 7) is 3.65. The van der Waals surface area contributed by atoms with Crippen LogP contribution in [0.1, 0.15) is 11.3 Å². The van der Waals surface area contributed by atoms with Crippen LogP contribution in [0.25, 0.3) is 0 Å². The standard InChI is InChI=1S/C21H27N3O4S2/c25-20-6-2-1-5-19(20)23-10-8-22(9-11-23)15-21(26)24(14-18-4-3-12-29-18)17-7-13-30(27,28)16-17/h1-6,12,17,25H,7-11,13-16H2/t17-/m0/s1. The summed E-state index contributed by atoms with van der Waals surface area (Å²) < 4.78 is 24.0. The van der Waals surface area contributed by atoms with Crippen LogP contribution in [0, 0.1) is 0 Å². The van der Waals surface area contributed by atoms with Crippen molar-refractivity contribution in [1.29, 1.82) is 0 Å². The van der Waals surface area contributed by atoms with Crippen molar-refractivity contribution < 1.29 is 18.3 Å². The number of nitrogens with zero attached hydrogens (tertiary/aromatic N) is 3. The number of para-hydroxylation sites is 2. The second kappa shape index (κ2) is 8.95. The van der Waals surface area contributed by atoms with Gasteiger partial charge in [0.25, 0.3) is 0 Å². The number of carbonyl (C=O) groups excluding carboxylic acids is 1. The van der Waals surface area contributed by atoms with E-state index in [0.717, 1.165) is 36.7 Å². The summed E-state index contributed by atoms with van der Waals surface area (Å²) in [7, 11) is -3.06. The molecule has 162 valence electrons. The SMILES string of the molecule is O=C(CN1CCN(c2ccccc2O)CC1)N(Cc1cccs1)[C@H]1CCS(=O)(=O)C1. The first kappa shape index (κ1) is 21.1. The normalized spacial score (nSPS) is 21.6. The molecule has 9 heteroatoms. The van der Waals surface area contributed by atoms with Gasteiger partial charge in [0.2, 0.25) is 5.91 Å². The van der Waals surface area contributed by atoms with Crippen LogP contribution in [0.2, 0.25) is 0 Å². The Balaban J connectivity index is 1.38. The molecule has 1 amide bonds. The molecule has 0 aliphatic carbocycles. The number of hydrogen-bond donors (Lipinski definition) is 1. The first-order valence-electron chi connectivity index (χ1n) is 10.2. The van der Waals surface area contributed by atoms with Crippen LogP contribution < -0.4 is 4.90 Å². The molecule has 2 saturated heterocycles. The van der Waals surface area contributed by atoms with Crippen LogP contribution in [0.15, 0.2) is 41.8 Å². The molecular weight excluding hydrogens is 422 g/mol. The van der Waals surface area contributed by atoms with E-state index in [9.17, 15) is 18.3 Å². The van der Waals surface area contributed by atoms with Gasteiger partial charge in [0.1, 0.15) is 5.75 Å². The quantitative estimate of drug-likeness (QED) is 0.724. The molecule has 2 fully saturated rings. The van der Waals surface area contributed by atoms with Crippen molar-refractivity contribution in [3.05, 3.63) is 46.7 Å². The zero-order valence-electron chi connectivity index (χ0n) is 16.8. The lowest BCUT2D eigenvalue weighted by molar-refractivity contribution is -0.135. The molecule has 2 aliphatic rings. The number of sulfone groups is 1. The number of hydrogen-bond acceptors (Lipinski definition) is 7. The van der Waals surface area contributed by atoms with E-state index >= 15 is 0 Å². The Morgan fingerprint density at radius 1 is 1.13 bits per heavy atom. The third-order valence-electron chi connectivity index (χ3n) is 5.83. The average molecular weight is 450 g/mol. The highest BCUT2D eigenvalue weighted by molar-refractivity contribution is 7.91. The van der Waals surface area contributed by atoms with Crippen molar-refractivity contribution in [3.8, 4) is 5.75 Å². The second-order valence-electron chi connectivity index (χ2n) is 7.91. The van der Waals surface area contributed by atoms with Crippen LogP contribution in [0.5, 0.6) is 5.75 Å². The molecule has 1 aromatic carbocycles. The number of amides is 1. The zero-order chi connectivity index (χ0) is 21.1. The summed E-state index contributed by atoms with van der Waals surface area (Å²) in [5, 5.41) is 12.0. The maximum absolute atomic E-state index is 13.2. The number of aromatic hydroxyl groups is 1. The van der Waals surface area contributed by atoms with Crippen LogP contribution in [-0.2, 0) is 21.2 Å². The van der Waals surface area contributed by atoms with E-state index in [1.807, 2.05) is 29.6 Å². The molecule has 30 heavy (non-hydrogen) atoms. The minimum Gasteiger partial charge on any atom is -0.506 e. The molecule has 7 nitrogen and oxygen atoms in total.